The van der Waals surface area contributed by atoms with Crippen LogP contribution < -0.4 is 5.73 Å². The van der Waals surface area contributed by atoms with Crippen molar-refractivity contribution in [2.24, 2.45) is 5.73 Å². The van der Waals surface area contributed by atoms with Crippen LogP contribution in [0.2, 0.25) is 0 Å². The molecule has 2 N–H and O–H groups in total. The largest absolute Gasteiger partial charge is 0.324 e. The highest BCUT2D eigenvalue weighted by molar-refractivity contribution is 5.97. The molecular weight excluding hydrogens is 195 g/mol. The number of halogens is 1. The first-order valence-corrected chi connectivity index (χ1v) is 4.71. The molecule has 0 heterocycles. The Hall–Kier alpha value is -1.26. The molecule has 1 aromatic carbocycles. The molecule has 1 aromatic rings. The molecule has 0 saturated carbocycles. The maximum absolute atomic E-state index is 13.5. The number of hydrogen-bond acceptors (Lipinski definition) is 3. The van der Waals surface area contributed by atoms with E-state index in [1.54, 1.807) is 12.1 Å². The topological polar surface area (TPSA) is 46.3 Å². The molecular formula is C11H15FN2O. The fourth-order valence-corrected chi connectivity index (χ4v) is 1.31. The number of carbonyl (C=O) groups excluding carboxylic acids is 1. The van der Waals surface area contributed by atoms with Crippen LogP contribution >= 0.6 is 0 Å². The number of ketones is 1. The van der Waals surface area contributed by atoms with Crippen molar-refractivity contribution < 1.29 is 9.18 Å². The van der Waals surface area contributed by atoms with Gasteiger partial charge in [0, 0.05) is 17.7 Å². The van der Waals surface area contributed by atoms with Gasteiger partial charge in [0.25, 0.3) is 0 Å². The summed E-state index contributed by atoms with van der Waals surface area (Å²) in [7, 11) is 3.72. The van der Waals surface area contributed by atoms with Crippen molar-refractivity contribution in [3.8, 4) is 0 Å². The predicted molar refractivity (Wildman–Crippen MR) is 57.2 cm³/mol. The minimum atomic E-state index is -0.358. The van der Waals surface area contributed by atoms with Crippen LogP contribution in [-0.2, 0) is 6.54 Å². The summed E-state index contributed by atoms with van der Waals surface area (Å²) < 4.78 is 13.5. The molecule has 0 aliphatic carbocycles. The van der Waals surface area contributed by atoms with Crippen molar-refractivity contribution in [1.29, 1.82) is 0 Å². The van der Waals surface area contributed by atoms with Crippen molar-refractivity contribution in [3.05, 3.63) is 35.1 Å². The summed E-state index contributed by atoms with van der Waals surface area (Å²) in [6.45, 7) is 0.426. The van der Waals surface area contributed by atoms with Crippen molar-refractivity contribution in [1.82, 2.24) is 4.90 Å². The van der Waals surface area contributed by atoms with Crippen LogP contribution in [0.25, 0.3) is 0 Å². The number of carbonyl (C=O) groups is 1. The quantitative estimate of drug-likeness (QED) is 0.755. The van der Waals surface area contributed by atoms with Crippen LogP contribution in [-0.4, -0.2) is 31.3 Å². The molecule has 15 heavy (non-hydrogen) atoms. The van der Waals surface area contributed by atoms with Crippen LogP contribution in [0, 0.1) is 5.82 Å². The third-order valence-electron chi connectivity index (χ3n) is 2.05. The molecule has 0 saturated heterocycles. The van der Waals surface area contributed by atoms with Gasteiger partial charge in [-0.25, -0.2) is 4.39 Å². The number of hydrogen-bond donors (Lipinski definition) is 1. The van der Waals surface area contributed by atoms with E-state index >= 15 is 0 Å². The second-order valence-corrected chi connectivity index (χ2v) is 3.67. The SMILES string of the molecule is CN(C)Cc1ccc(C(=O)CN)cc1F. The molecule has 0 atom stereocenters. The van der Waals surface area contributed by atoms with E-state index in [2.05, 4.69) is 0 Å². The summed E-state index contributed by atoms with van der Waals surface area (Å²) in [5, 5.41) is 0. The van der Waals surface area contributed by atoms with Crippen LogP contribution in [0.15, 0.2) is 18.2 Å². The lowest BCUT2D eigenvalue weighted by atomic mass is 10.1. The Kier molecular flexibility index (Phi) is 3.94. The van der Waals surface area contributed by atoms with Crippen LogP contribution in [0.4, 0.5) is 4.39 Å². The van der Waals surface area contributed by atoms with Gasteiger partial charge in [0.05, 0.1) is 6.54 Å². The van der Waals surface area contributed by atoms with Crippen LogP contribution in [0.3, 0.4) is 0 Å². The highest BCUT2D eigenvalue weighted by Crippen LogP contribution is 2.12. The Labute approximate surface area is 88.7 Å². The van der Waals surface area contributed by atoms with Gasteiger partial charge in [-0.2, -0.15) is 0 Å². The fraction of sp³-hybridized carbons (Fsp3) is 0.364. The lowest BCUT2D eigenvalue weighted by Crippen LogP contribution is -2.15. The zero-order valence-electron chi connectivity index (χ0n) is 8.96. The monoisotopic (exact) mass is 210 g/mol. The van der Waals surface area contributed by atoms with Crippen LogP contribution in [0.5, 0.6) is 0 Å². The van der Waals surface area contributed by atoms with E-state index in [-0.39, 0.29) is 18.1 Å². The van der Waals surface area contributed by atoms with E-state index in [0.29, 0.717) is 17.7 Å². The molecule has 0 bridgehead atoms. The average Bonchev–Trinajstić information content (AvgIpc) is 2.19. The molecule has 1 rings (SSSR count). The number of benzene rings is 1. The summed E-state index contributed by atoms with van der Waals surface area (Å²) in [6, 6.07) is 4.48. The predicted octanol–water partition coefficient (Wildman–Crippen LogP) is 1.03. The lowest BCUT2D eigenvalue weighted by Gasteiger charge is -2.10. The van der Waals surface area contributed by atoms with Crippen molar-refractivity contribution in [2.75, 3.05) is 20.6 Å². The molecule has 0 aromatic heterocycles. The smallest absolute Gasteiger partial charge is 0.176 e. The van der Waals surface area contributed by atoms with E-state index in [9.17, 15) is 9.18 Å². The molecule has 3 nitrogen and oxygen atoms in total. The van der Waals surface area contributed by atoms with Gasteiger partial charge in [0.2, 0.25) is 0 Å². The van der Waals surface area contributed by atoms with Gasteiger partial charge in [0.15, 0.2) is 5.78 Å². The molecule has 0 unspecified atom stereocenters. The first-order chi connectivity index (χ1) is 7.04. The van der Waals surface area contributed by atoms with Gasteiger partial charge in [-0.15, -0.1) is 0 Å². The normalized spacial score (nSPS) is 10.7. The summed E-state index contributed by atoms with van der Waals surface area (Å²) in [4.78, 5) is 13.1. The molecule has 0 amide bonds. The van der Waals surface area contributed by atoms with E-state index in [0.717, 1.165) is 0 Å². The lowest BCUT2D eigenvalue weighted by molar-refractivity contribution is 0.100. The van der Waals surface area contributed by atoms with E-state index in [1.807, 2.05) is 19.0 Å². The molecule has 0 aliphatic heterocycles. The molecule has 82 valence electrons. The summed E-state index contributed by atoms with van der Waals surface area (Å²) >= 11 is 0. The van der Waals surface area contributed by atoms with Crippen molar-refractivity contribution >= 4 is 5.78 Å². The number of rotatable bonds is 4. The molecule has 0 fully saturated rings. The standard InChI is InChI=1S/C11H15FN2O/c1-14(2)7-9-4-3-8(5-10(9)12)11(15)6-13/h3-5H,6-7,13H2,1-2H3. The van der Waals surface area contributed by atoms with E-state index in [1.165, 1.54) is 6.07 Å². The van der Waals surface area contributed by atoms with Gasteiger partial charge in [0.1, 0.15) is 5.82 Å². The Morgan fingerprint density at radius 1 is 1.47 bits per heavy atom. The third kappa shape index (κ3) is 3.11. The Bertz CT molecular complexity index is 364. The van der Waals surface area contributed by atoms with Gasteiger partial charge in [-0.3, -0.25) is 4.79 Å². The zero-order valence-corrected chi connectivity index (χ0v) is 8.96. The molecule has 0 spiro atoms. The van der Waals surface area contributed by atoms with Crippen LogP contribution in [0.1, 0.15) is 15.9 Å². The number of nitrogens with two attached hydrogens (primary N) is 1. The highest BCUT2D eigenvalue weighted by atomic mass is 19.1. The van der Waals surface area contributed by atoms with Gasteiger partial charge >= 0.3 is 0 Å². The molecule has 0 radical (unpaired) electrons. The first kappa shape index (κ1) is 11.8. The maximum Gasteiger partial charge on any atom is 0.176 e. The average molecular weight is 210 g/mol. The minimum Gasteiger partial charge on any atom is -0.324 e. The van der Waals surface area contributed by atoms with E-state index in [4.69, 9.17) is 5.73 Å². The summed E-state index contributed by atoms with van der Waals surface area (Å²) in [5.41, 5.74) is 6.10. The summed E-state index contributed by atoms with van der Waals surface area (Å²) in [5.74, 6) is -0.603. The Morgan fingerprint density at radius 2 is 2.13 bits per heavy atom. The van der Waals surface area contributed by atoms with Gasteiger partial charge < -0.3 is 10.6 Å². The number of Topliss-reactive ketones (excluding diaryl/α,β-unsaturated/α-hetero) is 1. The third-order valence-corrected chi connectivity index (χ3v) is 2.05. The minimum absolute atomic E-state index is 0.0908. The van der Waals surface area contributed by atoms with Gasteiger partial charge in [-0.1, -0.05) is 12.1 Å². The fourth-order valence-electron chi connectivity index (χ4n) is 1.31. The van der Waals surface area contributed by atoms with E-state index < -0.39 is 0 Å². The molecule has 0 aliphatic rings. The highest BCUT2D eigenvalue weighted by Gasteiger charge is 2.08. The number of nitrogens with zero attached hydrogens (tertiary/aromatic N) is 1. The Balaban J connectivity index is 2.93. The second-order valence-electron chi connectivity index (χ2n) is 3.67. The Morgan fingerprint density at radius 3 is 2.60 bits per heavy atom. The zero-order chi connectivity index (χ0) is 11.4. The summed E-state index contributed by atoms with van der Waals surface area (Å²) in [6.07, 6.45) is 0. The first-order valence-electron chi connectivity index (χ1n) is 4.71. The van der Waals surface area contributed by atoms with Gasteiger partial charge in [-0.05, 0) is 20.2 Å². The maximum atomic E-state index is 13.5. The van der Waals surface area contributed by atoms with Crippen molar-refractivity contribution in [3.63, 3.8) is 0 Å². The van der Waals surface area contributed by atoms with Crippen molar-refractivity contribution in [2.45, 2.75) is 6.54 Å². The second kappa shape index (κ2) is 5.00. The molecule has 4 heteroatoms.